The van der Waals surface area contributed by atoms with Gasteiger partial charge in [0.2, 0.25) is 0 Å². The Balaban J connectivity index is 2.85. The molecule has 0 saturated heterocycles. The monoisotopic (exact) mass is 123 g/mol. The van der Waals surface area contributed by atoms with Crippen LogP contribution in [0.15, 0.2) is 18.3 Å². The highest BCUT2D eigenvalue weighted by Crippen LogP contribution is 2.00. The van der Waals surface area contributed by atoms with Crippen LogP contribution in [-0.2, 0) is 0 Å². The summed E-state index contributed by atoms with van der Waals surface area (Å²) in [5, 5.41) is 7.57. The molecule has 3 nitrogen and oxygen atoms in total. The fourth-order valence-electron chi connectivity index (χ4n) is 0.532. The Morgan fingerprint density at radius 3 is 2.56 bits per heavy atom. The maximum Gasteiger partial charge on any atom is 0.150 e. The highest BCUT2D eigenvalue weighted by Gasteiger charge is 1.90. The molecule has 1 aromatic heterocycles. The molecule has 0 saturated carbocycles. The van der Waals surface area contributed by atoms with Crippen molar-refractivity contribution in [2.24, 2.45) is 0 Å². The lowest BCUT2D eigenvalue weighted by Crippen LogP contribution is -2.10. The van der Waals surface area contributed by atoms with Gasteiger partial charge in [0.05, 0.1) is 0 Å². The van der Waals surface area contributed by atoms with E-state index in [0.717, 1.165) is 5.82 Å². The molecule has 0 aliphatic rings. The fourth-order valence-corrected chi connectivity index (χ4v) is 0.532. The van der Waals surface area contributed by atoms with Crippen LogP contribution in [0.25, 0.3) is 0 Å². The van der Waals surface area contributed by atoms with E-state index in [0.29, 0.717) is 0 Å². The van der Waals surface area contributed by atoms with Gasteiger partial charge >= 0.3 is 0 Å². The van der Waals surface area contributed by atoms with E-state index in [1.807, 2.05) is 31.1 Å². The maximum atomic E-state index is 3.85. The quantitative estimate of drug-likeness (QED) is 0.546. The van der Waals surface area contributed by atoms with Crippen molar-refractivity contribution < 1.29 is 0 Å². The second-order valence-corrected chi connectivity index (χ2v) is 1.98. The van der Waals surface area contributed by atoms with E-state index < -0.39 is 0 Å². The van der Waals surface area contributed by atoms with Gasteiger partial charge in [0, 0.05) is 20.3 Å². The van der Waals surface area contributed by atoms with E-state index >= 15 is 0 Å². The standard InChI is InChI=1S/C6H9N3/c1-9(2)6-4-3-5-7-8-6/h3-5H,1-2H3. The third-order valence-corrected chi connectivity index (χ3v) is 1.02. The van der Waals surface area contributed by atoms with Gasteiger partial charge in [0.25, 0.3) is 0 Å². The molecule has 9 heavy (non-hydrogen) atoms. The van der Waals surface area contributed by atoms with E-state index in [4.69, 9.17) is 0 Å². The van der Waals surface area contributed by atoms with Crippen molar-refractivity contribution in [2.45, 2.75) is 0 Å². The summed E-state index contributed by atoms with van der Waals surface area (Å²) < 4.78 is 0. The lowest BCUT2D eigenvalue weighted by molar-refractivity contribution is 0.964. The summed E-state index contributed by atoms with van der Waals surface area (Å²) in [6.07, 6.45) is 1.66. The van der Waals surface area contributed by atoms with E-state index in [9.17, 15) is 0 Å². The van der Waals surface area contributed by atoms with Crippen LogP contribution in [0.1, 0.15) is 0 Å². The molecule has 1 aromatic rings. The first-order chi connectivity index (χ1) is 4.30. The molecule has 0 amide bonds. The molecule has 0 bridgehead atoms. The molecule has 3 heteroatoms. The Kier molecular flexibility index (Phi) is 1.63. The third kappa shape index (κ3) is 1.38. The van der Waals surface area contributed by atoms with Crippen molar-refractivity contribution in [3.8, 4) is 0 Å². The van der Waals surface area contributed by atoms with Gasteiger partial charge in [-0.15, -0.1) is 5.10 Å². The zero-order valence-electron chi connectivity index (χ0n) is 5.57. The minimum Gasteiger partial charge on any atom is -0.361 e. The van der Waals surface area contributed by atoms with Gasteiger partial charge in [-0.3, -0.25) is 0 Å². The Morgan fingerprint density at radius 1 is 1.44 bits per heavy atom. The van der Waals surface area contributed by atoms with Gasteiger partial charge in [-0.2, -0.15) is 5.10 Å². The van der Waals surface area contributed by atoms with Crippen LogP contribution in [0.3, 0.4) is 0 Å². The molecule has 0 N–H and O–H groups in total. The molecule has 1 heterocycles. The number of nitrogens with zero attached hydrogens (tertiary/aromatic N) is 3. The molecule has 0 aliphatic heterocycles. The zero-order chi connectivity index (χ0) is 6.69. The van der Waals surface area contributed by atoms with Crippen molar-refractivity contribution >= 4 is 5.82 Å². The number of aromatic nitrogens is 2. The summed E-state index contributed by atoms with van der Waals surface area (Å²) in [7, 11) is 3.87. The molecule has 1 rings (SSSR count). The predicted molar refractivity (Wildman–Crippen MR) is 36.4 cm³/mol. The number of anilines is 1. The molecule has 0 radical (unpaired) electrons. The van der Waals surface area contributed by atoms with Crippen LogP contribution in [0, 0.1) is 0 Å². The predicted octanol–water partition coefficient (Wildman–Crippen LogP) is 0.543. The van der Waals surface area contributed by atoms with E-state index in [1.54, 1.807) is 6.20 Å². The molecule has 0 spiro atoms. The minimum atomic E-state index is 0.887. The first-order valence-electron chi connectivity index (χ1n) is 2.76. The molecular weight excluding hydrogens is 114 g/mol. The molecule has 48 valence electrons. The van der Waals surface area contributed by atoms with Crippen molar-refractivity contribution in [1.82, 2.24) is 10.2 Å². The third-order valence-electron chi connectivity index (χ3n) is 1.02. The van der Waals surface area contributed by atoms with Crippen LogP contribution < -0.4 is 4.90 Å². The average molecular weight is 123 g/mol. The van der Waals surface area contributed by atoms with Gasteiger partial charge in [0.15, 0.2) is 5.82 Å². The van der Waals surface area contributed by atoms with Crippen molar-refractivity contribution in [2.75, 3.05) is 19.0 Å². The second-order valence-electron chi connectivity index (χ2n) is 1.98. The first-order valence-corrected chi connectivity index (χ1v) is 2.76. The van der Waals surface area contributed by atoms with Crippen molar-refractivity contribution in [1.29, 1.82) is 0 Å². The van der Waals surface area contributed by atoms with Crippen LogP contribution in [0.4, 0.5) is 5.82 Å². The van der Waals surface area contributed by atoms with E-state index in [1.165, 1.54) is 0 Å². The lowest BCUT2D eigenvalue weighted by atomic mass is 10.5. The van der Waals surface area contributed by atoms with Gasteiger partial charge in [-0.1, -0.05) is 0 Å². The summed E-state index contributed by atoms with van der Waals surface area (Å²) in [6, 6.07) is 3.77. The van der Waals surface area contributed by atoms with Crippen LogP contribution in [0.2, 0.25) is 0 Å². The summed E-state index contributed by atoms with van der Waals surface area (Å²) in [5.74, 6) is 0.887. The number of rotatable bonds is 1. The van der Waals surface area contributed by atoms with Crippen molar-refractivity contribution in [3.63, 3.8) is 0 Å². The molecule has 0 fully saturated rings. The van der Waals surface area contributed by atoms with Gasteiger partial charge < -0.3 is 4.90 Å². The largest absolute Gasteiger partial charge is 0.361 e. The lowest BCUT2D eigenvalue weighted by Gasteiger charge is -2.07. The highest BCUT2D eigenvalue weighted by molar-refractivity contribution is 5.33. The highest BCUT2D eigenvalue weighted by atomic mass is 15.2. The molecule has 0 atom stereocenters. The number of hydrogen-bond acceptors (Lipinski definition) is 3. The molecule has 0 unspecified atom stereocenters. The Bertz CT molecular complexity index is 171. The zero-order valence-corrected chi connectivity index (χ0v) is 5.57. The number of hydrogen-bond donors (Lipinski definition) is 0. The summed E-state index contributed by atoms with van der Waals surface area (Å²) in [6.45, 7) is 0. The Hall–Kier alpha value is -1.12. The molecule has 0 aliphatic carbocycles. The molecule has 0 aromatic carbocycles. The Labute approximate surface area is 54.3 Å². The van der Waals surface area contributed by atoms with Crippen molar-refractivity contribution in [3.05, 3.63) is 18.3 Å². The smallest absolute Gasteiger partial charge is 0.150 e. The molecular formula is C6H9N3. The SMILES string of the molecule is CN(C)c1cccnn1. The summed E-state index contributed by atoms with van der Waals surface area (Å²) >= 11 is 0. The van der Waals surface area contributed by atoms with Crippen LogP contribution in [0.5, 0.6) is 0 Å². The van der Waals surface area contributed by atoms with E-state index in [2.05, 4.69) is 10.2 Å². The van der Waals surface area contributed by atoms with Crippen LogP contribution >= 0.6 is 0 Å². The maximum absolute atomic E-state index is 3.85. The normalized spacial score (nSPS) is 9.11. The first kappa shape index (κ1) is 6.01. The average Bonchev–Trinajstić information content (AvgIpc) is 1.90. The fraction of sp³-hybridized carbons (Fsp3) is 0.333. The van der Waals surface area contributed by atoms with Gasteiger partial charge in [0.1, 0.15) is 0 Å². The van der Waals surface area contributed by atoms with Gasteiger partial charge in [-0.25, -0.2) is 0 Å². The van der Waals surface area contributed by atoms with Crippen LogP contribution in [-0.4, -0.2) is 24.3 Å². The summed E-state index contributed by atoms with van der Waals surface area (Å²) in [5.41, 5.74) is 0. The minimum absolute atomic E-state index is 0.887. The summed E-state index contributed by atoms with van der Waals surface area (Å²) in [4.78, 5) is 1.91. The Morgan fingerprint density at radius 2 is 2.22 bits per heavy atom. The topological polar surface area (TPSA) is 29.0 Å². The van der Waals surface area contributed by atoms with E-state index in [-0.39, 0.29) is 0 Å². The second kappa shape index (κ2) is 2.44. The van der Waals surface area contributed by atoms with Gasteiger partial charge in [-0.05, 0) is 12.1 Å².